The fourth-order valence-corrected chi connectivity index (χ4v) is 3.40. The molecule has 0 radical (unpaired) electrons. The van der Waals surface area contributed by atoms with Crippen molar-refractivity contribution in [3.63, 3.8) is 0 Å². The lowest BCUT2D eigenvalue weighted by molar-refractivity contribution is 0.596. The van der Waals surface area contributed by atoms with E-state index in [2.05, 4.69) is 60.0 Å². The maximum Gasteiger partial charge on any atom is 0.0643 e. The molecular weight excluding hydrogens is 416 g/mol. The van der Waals surface area contributed by atoms with Crippen LogP contribution in [0.15, 0.2) is 36.4 Å². The van der Waals surface area contributed by atoms with Crippen molar-refractivity contribution >= 4 is 45.8 Å². The largest absolute Gasteiger partial charge is 0.306 e. The van der Waals surface area contributed by atoms with E-state index in [4.69, 9.17) is 23.2 Å². The summed E-state index contributed by atoms with van der Waals surface area (Å²) in [5.41, 5.74) is 3.55. The normalized spacial score (nSPS) is 12.4. The third kappa shape index (κ3) is 3.92. The Balaban J connectivity index is 2.52. The summed E-state index contributed by atoms with van der Waals surface area (Å²) in [5.74, 6) is 0. The average molecular weight is 434 g/mol. The van der Waals surface area contributed by atoms with Gasteiger partial charge in [-0.1, -0.05) is 60.5 Å². The Hall–Kier alpha value is -0.290. The molecule has 0 aromatic heterocycles. The van der Waals surface area contributed by atoms with Gasteiger partial charge in [0.25, 0.3) is 0 Å². The second-order valence-corrected chi connectivity index (χ2v) is 6.87. The molecule has 0 aliphatic heterocycles. The molecular formula is C17H18Cl2IN. The van der Waals surface area contributed by atoms with Gasteiger partial charge in [0.2, 0.25) is 0 Å². The predicted molar refractivity (Wildman–Crippen MR) is 100 cm³/mol. The first-order valence-corrected chi connectivity index (χ1v) is 8.82. The highest BCUT2D eigenvalue weighted by molar-refractivity contribution is 14.1. The number of hydrogen-bond acceptors (Lipinski definition) is 1. The zero-order chi connectivity index (χ0) is 15.4. The molecule has 0 aliphatic rings. The molecule has 0 aliphatic carbocycles. The van der Waals surface area contributed by atoms with Crippen LogP contribution in [0.3, 0.4) is 0 Å². The average Bonchev–Trinajstić information content (AvgIpc) is 2.47. The molecule has 1 nitrogen and oxygen atoms in total. The van der Waals surface area contributed by atoms with Crippen molar-refractivity contribution in [2.75, 3.05) is 6.54 Å². The van der Waals surface area contributed by atoms with Crippen LogP contribution in [-0.4, -0.2) is 6.54 Å². The number of hydrogen-bond donors (Lipinski definition) is 1. The second kappa shape index (κ2) is 7.82. The quantitative estimate of drug-likeness (QED) is 0.570. The highest BCUT2D eigenvalue weighted by Crippen LogP contribution is 2.35. The molecule has 1 N–H and O–H groups in total. The van der Waals surface area contributed by atoms with Gasteiger partial charge < -0.3 is 5.32 Å². The van der Waals surface area contributed by atoms with Crippen LogP contribution in [0.4, 0.5) is 0 Å². The van der Waals surface area contributed by atoms with Crippen molar-refractivity contribution in [2.24, 2.45) is 0 Å². The molecule has 0 fully saturated rings. The second-order valence-electron chi connectivity index (χ2n) is 5.01. The number of rotatable bonds is 5. The lowest BCUT2D eigenvalue weighted by Crippen LogP contribution is -2.24. The van der Waals surface area contributed by atoms with Crippen molar-refractivity contribution in [3.8, 4) is 0 Å². The molecule has 0 bridgehead atoms. The van der Waals surface area contributed by atoms with Gasteiger partial charge in [-0.25, -0.2) is 0 Å². The summed E-state index contributed by atoms with van der Waals surface area (Å²) in [6.07, 6.45) is 1.07. The van der Waals surface area contributed by atoms with Crippen molar-refractivity contribution < 1.29 is 0 Å². The lowest BCUT2D eigenvalue weighted by Gasteiger charge is -2.23. The molecule has 0 spiro atoms. The van der Waals surface area contributed by atoms with E-state index in [0.29, 0.717) is 10.0 Å². The van der Waals surface area contributed by atoms with Gasteiger partial charge in [-0.15, -0.1) is 0 Å². The van der Waals surface area contributed by atoms with Crippen LogP contribution in [0.5, 0.6) is 0 Å². The summed E-state index contributed by atoms with van der Waals surface area (Å²) < 4.78 is 1.26. The number of benzene rings is 2. The SMILES string of the molecule is CCCNC(c1cccc(Cl)c1Cl)c1cccc(C)c1I. The highest BCUT2D eigenvalue weighted by atomic mass is 127. The van der Waals surface area contributed by atoms with Crippen LogP contribution in [-0.2, 0) is 0 Å². The summed E-state index contributed by atoms with van der Waals surface area (Å²) in [6, 6.07) is 12.2. The number of aryl methyl sites for hydroxylation is 1. The third-order valence-electron chi connectivity index (χ3n) is 3.42. The Morgan fingerprint density at radius 1 is 1.10 bits per heavy atom. The number of nitrogens with one attached hydrogen (secondary N) is 1. The van der Waals surface area contributed by atoms with Crippen molar-refractivity contribution in [2.45, 2.75) is 26.3 Å². The first-order chi connectivity index (χ1) is 10.1. The van der Waals surface area contributed by atoms with E-state index in [1.807, 2.05) is 18.2 Å². The van der Waals surface area contributed by atoms with E-state index < -0.39 is 0 Å². The van der Waals surface area contributed by atoms with Crippen LogP contribution in [0.1, 0.15) is 36.1 Å². The fraction of sp³-hybridized carbons (Fsp3) is 0.294. The smallest absolute Gasteiger partial charge is 0.0643 e. The standard InChI is InChI=1S/C17H18Cl2IN/c1-3-10-21-17(12-7-5-9-14(18)15(12)19)13-8-4-6-11(2)16(13)20/h4-9,17,21H,3,10H2,1-2H3. The van der Waals surface area contributed by atoms with Crippen LogP contribution in [0, 0.1) is 10.5 Å². The Labute approximate surface area is 150 Å². The molecule has 0 heterocycles. The molecule has 2 rings (SSSR count). The molecule has 4 heteroatoms. The van der Waals surface area contributed by atoms with Gasteiger partial charge in [-0.2, -0.15) is 0 Å². The minimum Gasteiger partial charge on any atom is -0.306 e. The van der Waals surface area contributed by atoms with Crippen LogP contribution >= 0.6 is 45.8 Å². The summed E-state index contributed by atoms with van der Waals surface area (Å²) in [7, 11) is 0. The monoisotopic (exact) mass is 433 g/mol. The summed E-state index contributed by atoms with van der Waals surface area (Å²) in [5, 5.41) is 4.82. The zero-order valence-corrected chi connectivity index (χ0v) is 15.8. The maximum atomic E-state index is 6.43. The Morgan fingerprint density at radius 3 is 2.48 bits per heavy atom. The molecule has 0 amide bonds. The molecule has 1 atom stereocenters. The highest BCUT2D eigenvalue weighted by Gasteiger charge is 2.20. The molecule has 0 saturated heterocycles. The molecule has 2 aromatic rings. The van der Waals surface area contributed by atoms with E-state index in [0.717, 1.165) is 18.5 Å². The van der Waals surface area contributed by atoms with Crippen LogP contribution in [0.2, 0.25) is 10.0 Å². The van der Waals surface area contributed by atoms with Gasteiger partial charge in [-0.3, -0.25) is 0 Å². The van der Waals surface area contributed by atoms with Crippen molar-refractivity contribution in [3.05, 3.63) is 66.7 Å². The van der Waals surface area contributed by atoms with Gasteiger partial charge in [-0.05, 0) is 65.2 Å². The van der Waals surface area contributed by atoms with Gasteiger partial charge >= 0.3 is 0 Å². The molecule has 2 aromatic carbocycles. The van der Waals surface area contributed by atoms with E-state index in [9.17, 15) is 0 Å². The van der Waals surface area contributed by atoms with Crippen molar-refractivity contribution in [1.29, 1.82) is 0 Å². The maximum absolute atomic E-state index is 6.43. The van der Waals surface area contributed by atoms with Gasteiger partial charge in [0.15, 0.2) is 0 Å². The lowest BCUT2D eigenvalue weighted by atomic mass is 9.97. The predicted octanol–water partition coefficient (Wildman–Crippen LogP) is 6.00. The third-order valence-corrected chi connectivity index (χ3v) is 5.73. The van der Waals surface area contributed by atoms with Crippen molar-refractivity contribution in [1.82, 2.24) is 5.32 Å². The summed E-state index contributed by atoms with van der Waals surface area (Å²) in [4.78, 5) is 0. The molecule has 21 heavy (non-hydrogen) atoms. The Bertz CT molecular complexity index is 577. The minimum atomic E-state index is 0.0583. The molecule has 1 unspecified atom stereocenters. The number of halogens is 3. The first kappa shape index (κ1) is 17.1. The molecule has 0 saturated carbocycles. The van der Waals surface area contributed by atoms with Crippen LogP contribution < -0.4 is 5.32 Å². The van der Waals surface area contributed by atoms with Crippen LogP contribution in [0.25, 0.3) is 0 Å². The molecule has 112 valence electrons. The van der Waals surface area contributed by atoms with Gasteiger partial charge in [0, 0.05) is 3.57 Å². The van der Waals surface area contributed by atoms with Gasteiger partial charge in [0.1, 0.15) is 0 Å². The summed E-state index contributed by atoms with van der Waals surface area (Å²) >= 11 is 15.0. The Kier molecular flexibility index (Phi) is 6.35. The van der Waals surface area contributed by atoms with E-state index in [1.54, 1.807) is 0 Å². The van der Waals surface area contributed by atoms with E-state index in [1.165, 1.54) is 14.7 Å². The minimum absolute atomic E-state index is 0.0583. The zero-order valence-electron chi connectivity index (χ0n) is 12.1. The Morgan fingerprint density at radius 2 is 1.76 bits per heavy atom. The summed E-state index contributed by atoms with van der Waals surface area (Å²) in [6.45, 7) is 5.21. The van der Waals surface area contributed by atoms with E-state index >= 15 is 0 Å². The first-order valence-electron chi connectivity index (χ1n) is 6.98. The topological polar surface area (TPSA) is 12.0 Å². The van der Waals surface area contributed by atoms with Gasteiger partial charge in [0.05, 0.1) is 16.1 Å². The van der Waals surface area contributed by atoms with E-state index in [-0.39, 0.29) is 6.04 Å². The fourth-order valence-electron chi connectivity index (χ4n) is 2.31.